The van der Waals surface area contributed by atoms with Gasteiger partial charge in [0.2, 0.25) is 5.60 Å². The lowest BCUT2D eigenvalue weighted by molar-refractivity contribution is -0.149. The van der Waals surface area contributed by atoms with Crippen LogP contribution in [0, 0.1) is 5.92 Å². The summed E-state index contributed by atoms with van der Waals surface area (Å²) < 4.78 is 7.13. The number of imidazole rings is 1. The maximum absolute atomic E-state index is 13.9. The van der Waals surface area contributed by atoms with Gasteiger partial charge in [0.25, 0.3) is 11.8 Å². The second-order valence-electron chi connectivity index (χ2n) is 11.4. The number of pyridine rings is 1. The molecule has 0 saturated carbocycles. The number of carbonyl (C=O) groups is 4. The monoisotopic (exact) mass is 626 g/mol. The van der Waals surface area contributed by atoms with Gasteiger partial charge in [-0.25, -0.2) is 9.97 Å². The minimum Gasteiger partial charge on any atom is -0.486 e. The fourth-order valence-electron chi connectivity index (χ4n) is 5.15. The molecule has 2 amide bonds. The number of carbonyl (C=O) groups excluding carboxylic acids is 3. The van der Waals surface area contributed by atoms with Crippen LogP contribution in [0.1, 0.15) is 37.2 Å². The van der Waals surface area contributed by atoms with Crippen LogP contribution in [0.15, 0.2) is 90.6 Å². The lowest BCUT2D eigenvalue weighted by Crippen LogP contribution is -2.56. The molecule has 5 rings (SSSR count). The number of carboxylic acids is 1. The largest absolute Gasteiger partial charge is 0.486 e. The summed E-state index contributed by atoms with van der Waals surface area (Å²) in [7, 11) is 0. The zero-order chi connectivity index (χ0) is 32.7. The van der Waals surface area contributed by atoms with Gasteiger partial charge in [-0.3, -0.25) is 19.2 Å². The molecule has 2 unspecified atom stereocenters. The van der Waals surface area contributed by atoms with Crippen molar-refractivity contribution in [2.75, 3.05) is 6.61 Å². The van der Waals surface area contributed by atoms with Crippen molar-refractivity contribution in [2.45, 2.75) is 50.9 Å². The lowest BCUT2D eigenvalue weighted by atomic mass is 9.88. The minimum absolute atomic E-state index is 0.0503. The van der Waals surface area contributed by atoms with E-state index in [4.69, 9.17) is 9.57 Å². The van der Waals surface area contributed by atoms with Crippen molar-refractivity contribution < 1.29 is 33.9 Å². The van der Waals surface area contributed by atoms with Crippen molar-refractivity contribution in [3.63, 3.8) is 0 Å². The molecule has 238 valence electrons. The summed E-state index contributed by atoms with van der Waals surface area (Å²) in [6.07, 6.45) is 3.95. The second kappa shape index (κ2) is 14.0. The van der Waals surface area contributed by atoms with Crippen molar-refractivity contribution in [1.82, 2.24) is 25.2 Å². The zero-order valence-electron chi connectivity index (χ0n) is 25.3. The summed E-state index contributed by atoms with van der Waals surface area (Å²) in [5.74, 6) is -2.82. The van der Waals surface area contributed by atoms with Crippen LogP contribution in [0.4, 0.5) is 0 Å². The van der Waals surface area contributed by atoms with Gasteiger partial charge in [0, 0.05) is 24.2 Å². The molecule has 0 fully saturated rings. The van der Waals surface area contributed by atoms with E-state index in [2.05, 4.69) is 25.8 Å². The molecule has 13 heteroatoms. The molecule has 4 aromatic rings. The molecule has 0 radical (unpaired) electrons. The molecule has 13 nitrogen and oxygen atoms in total. The number of hydrogen-bond acceptors (Lipinski definition) is 9. The highest BCUT2D eigenvalue weighted by atomic mass is 16.7. The van der Waals surface area contributed by atoms with Gasteiger partial charge in [0.05, 0.1) is 36.6 Å². The van der Waals surface area contributed by atoms with Crippen molar-refractivity contribution >= 4 is 40.2 Å². The Morgan fingerprint density at radius 1 is 1.02 bits per heavy atom. The molecule has 3 heterocycles. The number of nitrogens with zero attached hydrogens (tertiary/aromatic N) is 4. The predicted molar refractivity (Wildman–Crippen MR) is 167 cm³/mol. The molecule has 0 bridgehead atoms. The van der Waals surface area contributed by atoms with Crippen molar-refractivity contribution in [1.29, 1.82) is 0 Å². The van der Waals surface area contributed by atoms with Crippen LogP contribution in [-0.4, -0.2) is 73.2 Å². The zero-order valence-corrected chi connectivity index (χ0v) is 25.3. The van der Waals surface area contributed by atoms with Gasteiger partial charge >= 0.3 is 5.97 Å². The number of carboxylic acid groups (broad SMARTS) is 1. The van der Waals surface area contributed by atoms with E-state index in [0.717, 1.165) is 5.39 Å². The molecule has 46 heavy (non-hydrogen) atoms. The van der Waals surface area contributed by atoms with Crippen LogP contribution >= 0.6 is 0 Å². The lowest BCUT2D eigenvalue weighted by Gasteiger charge is -2.29. The van der Waals surface area contributed by atoms with Crippen LogP contribution in [0.2, 0.25) is 0 Å². The number of nitrogens with one attached hydrogen (secondary N) is 2. The van der Waals surface area contributed by atoms with E-state index in [9.17, 15) is 24.3 Å². The number of fused-ring (bicyclic) bond motifs is 1. The van der Waals surface area contributed by atoms with Gasteiger partial charge in [0.1, 0.15) is 24.1 Å². The Bertz CT molecular complexity index is 1740. The average molecular weight is 627 g/mol. The van der Waals surface area contributed by atoms with Crippen LogP contribution in [0.25, 0.3) is 10.9 Å². The molecule has 3 N–H and O–H groups in total. The Morgan fingerprint density at radius 3 is 2.50 bits per heavy atom. The third-order valence-electron chi connectivity index (χ3n) is 7.56. The predicted octanol–water partition coefficient (Wildman–Crippen LogP) is 3.01. The quantitative estimate of drug-likeness (QED) is 0.190. The molecule has 0 spiro atoms. The number of ether oxygens (including phenoxy) is 1. The van der Waals surface area contributed by atoms with Crippen LogP contribution in [0.5, 0.6) is 5.75 Å². The van der Waals surface area contributed by atoms with E-state index in [1.54, 1.807) is 47.2 Å². The van der Waals surface area contributed by atoms with Gasteiger partial charge in [-0.2, -0.15) is 0 Å². The number of Topliss-reactive ketones (excluding diaryl/α,β-unsaturated/α-hetero) is 1. The molecular weight excluding hydrogens is 592 g/mol. The third kappa shape index (κ3) is 7.54. The Morgan fingerprint density at radius 2 is 1.78 bits per heavy atom. The summed E-state index contributed by atoms with van der Waals surface area (Å²) in [5.41, 5.74) is -0.382. The second-order valence-corrected chi connectivity index (χ2v) is 11.4. The molecule has 2 aromatic heterocycles. The number of hydrogen-bond donors (Lipinski definition) is 3. The first-order valence-electron chi connectivity index (χ1n) is 14.7. The minimum atomic E-state index is -1.67. The molecule has 0 saturated heterocycles. The molecule has 3 atom stereocenters. The van der Waals surface area contributed by atoms with E-state index in [1.165, 1.54) is 12.5 Å². The van der Waals surface area contributed by atoms with E-state index >= 15 is 0 Å². The summed E-state index contributed by atoms with van der Waals surface area (Å²) >= 11 is 0. The molecule has 1 aliphatic heterocycles. The Kier molecular flexibility index (Phi) is 9.70. The summed E-state index contributed by atoms with van der Waals surface area (Å²) in [6.45, 7) is 3.28. The first-order valence-corrected chi connectivity index (χ1v) is 14.7. The smallest absolute Gasteiger partial charge is 0.305 e. The fourth-order valence-corrected chi connectivity index (χ4v) is 5.15. The SMILES string of the molecule is CC(C)C(NC(=O)c1ccc2ccccc2n1)C1=NOC(Cn2ccnc2)(C(=O)N[C@@H](CC(=O)O)C(=O)COc2ccccc2)C1. The Hall–Kier alpha value is -5.59. The first-order chi connectivity index (χ1) is 22.1. The number of oxime groups is 1. The fraction of sp³-hybridized carbons (Fsp3) is 0.303. The van der Waals surface area contributed by atoms with E-state index < -0.39 is 54.3 Å². The van der Waals surface area contributed by atoms with Gasteiger partial charge in [0.15, 0.2) is 5.78 Å². The van der Waals surface area contributed by atoms with E-state index in [1.807, 2.05) is 44.2 Å². The highest BCUT2D eigenvalue weighted by Gasteiger charge is 2.50. The third-order valence-corrected chi connectivity index (χ3v) is 7.56. The number of amides is 2. The van der Waals surface area contributed by atoms with Gasteiger partial charge in [-0.05, 0) is 30.2 Å². The number of benzene rings is 2. The normalized spacial score (nSPS) is 17.1. The first kappa shape index (κ1) is 31.8. The molecular formula is C33H34N6O7. The van der Waals surface area contributed by atoms with Gasteiger partial charge < -0.3 is 29.9 Å². The molecule has 2 aromatic carbocycles. The van der Waals surface area contributed by atoms with Crippen LogP contribution in [-0.2, 0) is 25.8 Å². The van der Waals surface area contributed by atoms with Crippen molar-refractivity contribution in [2.24, 2.45) is 11.1 Å². The standard InChI is InChI=1S/C33H34N6O7/c1-21(2)30(37-31(43)25-13-12-22-8-6-7-11-24(22)35-25)27-17-33(46-38-27,19-39-15-14-34-20-39)32(44)36-26(16-29(41)42)28(40)18-45-23-9-4-3-5-10-23/h3-15,20-21,26,30H,16-19H2,1-2H3,(H,36,44)(H,37,43)(H,41,42)/t26-,30?,33?/m0/s1. The van der Waals surface area contributed by atoms with Crippen molar-refractivity contribution in [3.8, 4) is 5.75 Å². The summed E-state index contributed by atoms with van der Waals surface area (Å²) in [6, 6.07) is 17.4. The topological polar surface area (TPSA) is 174 Å². The van der Waals surface area contributed by atoms with E-state index in [0.29, 0.717) is 17.0 Å². The average Bonchev–Trinajstić information content (AvgIpc) is 3.73. The highest BCUT2D eigenvalue weighted by Crippen LogP contribution is 2.30. The Labute approximate surface area is 264 Å². The van der Waals surface area contributed by atoms with Crippen LogP contribution in [0.3, 0.4) is 0 Å². The van der Waals surface area contributed by atoms with Gasteiger partial charge in [-0.1, -0.05) is 61.5 Å². The highest BCUT2D eigenvalue weighted by molar-refractivity contribution is 6.03. The molecule has 0 aliphatic carbocycles. The number of aromatic nitrogens is 3. The van der Waals surface area contributed by atoms with Crippen LogP contribution < -0.4 is 15.4 Å². The Balaban J connectivity index is 1.34. The number of para-hydroxylation sites is 2. The number of ketones is 1. The molecule has 1 aliphatic rings. The maximum atomic E-state index is 13.9. The van der Waals surface area contributed by atoms with Gasteiger partial charge in [-0.15, -0.1) is 0 Å². The van der Waals surface area contributed by atoms with E-state index in [-0.39, 0.29) is 24.6 Å². The number of rotatable bonds is 14. The summed E-state index contributed by atoms with van der Waals surface area (Å²) in [4.78, 5) is 66.4. The van der Waals surface area contributed by atoms with Crippen molar-refractivity contribution in [3.05, 3.63) is 91.1 Å². The maximum Gasteiger partial charge on any atom is 0.305 e. The summed E-state index contributed by atoms with van der Waals surface area (Å²) in [5, 5.41) is 20.2. The number of aliphatic carboxylic acids is 1.